The lowest BCUT2D eigenvalue weighted by Gasteiger charge is -2.07. The van der Waals surface area contributed by atoms with Gasteiger partial charge in [0.05, 0.1) is 23.6 Å². The van der Waals surface area contributed by atoms with E-state index < -0.39 is 0 Å². The number of aryl methyl sites for hydroxylation is 2. The largest absolute Gasteiger partial charge is 0.489 e. The highest BCUT2D eigenvalue weighted by molar-refractivity contribution is 6.08. The van der Waals surface area contributed by atoms with Crippen molar-refractivity contribution in [1.29, 1.82) is 0 Å². The van der Waals surface area contributed by atoms with Gasteiger partial charge in [0.15, 0.2) is 5.76 Å². The Balaban J connectivity index is 2.38. The molecule has 0 unspecified atom stereocenters. The van der Waals surface area contributed by atoms with Crippen molar-refractivity contribution in [3.05, 3.63) is 34.9 Å². The molecule has 0 N–H and O–H groups in total. The van der Waals surface area contributed by atoms with E-state index in [0.29, 0.717) is 24.4 Å². The van der Waals surface area contributed by atoms with Crippen LogP contribution in [0.5, 0.6) is 0 Å². The quantitative estimate of drug-likeness (QED) is 0.726. The van der Waals surface area contributed by atoms with Gasteiger partial charge in [-0.25, -0.2) is 0 Å². The van der Waals surface area contributed by atoms with E-state index in [1.807, 2.05) is 19.9 Å². The summed E-state index contributed by atoms with van der Waals surface area (Å²) in [6.45, 7) is 4.38. The van der Waals surface area contributed by atoms with Crippen LogP contribution in [0.25, 0.3) is 0 Å². The first kappa shape index (κ1) is 10.8. The second-order valence-electron chi connectivity index (χ2n) is 3.73. The zero-order valence-electron chi connectivity index (χ0n) is 9.49. The molecule has 4 heteroatoms. The Bertz CT molecular complexity index is 452. The van der Waals surface area contributed by atoms with Crippen molar-refractivity contribution >= 4 is 5.78 Å². The van der Waals surface area contributed by atoms with Crippen LogP contribution in [0.1, 0.15) is 35.1 Å². The Labute approximate surface area is 94.3 Å². The minimum atomic E-state index is -0.0765. The molecule has 0 amide bonds. The van der Waals surface area contributed by atoms with Gasteiger partial charge in [0.25, 0.3) is 0 Å². The molecule has 84 valence electrons. The molecule has 0 atom stereocenters. The summed E-state index contributed by atoms with van der Waals surface area (Å²) in [5.74, 6) is 0.370. The molecule has 1 aromatic rings. The van der Waals surface area contributed by atoms with E-state index in [0.717, 1.165) is 17.8 Å². The van der Waals surface area contributed by atoms with Gasteiger partial charge in [0.1, 0.15) is 0 Å². The summed E-state index contributed by atoms with van der Waals surface area (Å²) in [4.78, 5) is 12.1. The molecule has 1 aromatic heterocycles. The standard InChI is InChI=1S/C12H14N2O2/c1-3-10-9(7-8(2)13-14-10)12(15)11-5-4-6-16-11/h5,7H,3-4,6H2,1-2H3. The summed E-state index contributed by atoms with van der Waals surface area (Å²) in [7, 11) is 0. The molecular weight excluding hydrogens is 204 g/mol. The van der Waals surface area contributed by atoms with Crippen LogP contribution in [0.2, 0.25) is 0 Å². The molecule has 0 fully saturated rings. The number of carbonyl (C=O) groups is 1. The lowest BCUT2D eigenvalue weighted by molar-refractivity contribution is 0.0940. The predicted octanol–water partition coefficient (Wildman–Crippen LogP) is 1.83. The number of ketones is 1. The van der Waals surface area contributed by atoms with Gasteiger partial charge in [-0.15, -0.1) is 0 Å². The van der Waals surface area contributed by atoms with Gasteiger partial charge in [0, 0.05) is 6.42 Å². The molecule has 0 aromatic carbocycles. The average Bonchev–Trinajstić information content (AvgIpc) is 2.81. The van der Waals surface area contributed by atoms with E-state index in [4.69, 9.17) is 4.74 Å². The lowest BCUT2D eigenvalue weighted by Crippen LogP contribution is -2.10. The van der Waals surface area contributed by atoms with Gasteiger partial charge < -0.3 is 4.74 Å². The number of Topliss-reactive ketones (excluding diaryl/α,β-unsaturated/α-hetero) is 1. The van der Waals surface area contributed by atoms with Gasteiger partial charge in [-0.3, -0.25) is 4.79 Å². The number of rotatable bonds is 3. The Kier molecular flexibility index (Phi) is 2.99. The number of hydrogen-bond acceptors (Lipinski definition) is 4. The second-order valence-corrected chi connectivity index (χ2v) is 3.73. The summed E-state index contributed by atoms with van der Waals surface area (Å²) in [5, 5.41) is 7.99. The number of aromatic nitrogens is 2. The van der Waals surface area contributed by atoms with Crippen molar-refractivity contribution in [2.75, 3.05) is 6.61 Å². The first-order valence-electron chi connectivity index (χ1n) is 5.43. The van der Waals surface area contributed by atoms with Crippen LogP contribution in [0.3, 0.4) is 0 Å². The maximum atomic E-state index is 12.1. The molecule has 4 nitrogen and oxygen atoms in total. The normalized spacial score (nSPS) is 14.5. The molecular formula is C12H14N2O2. The molecule has 0 bridgehead atoms. The SMILES string of the molecule is CCc1nnc(C)cc1C(=O)C1=CCCO1. The fraction of sp³-hybridized carbons (Fsp3) is 0.417. The molecule has 1 aliphatic rings. The molecule has 2 heterocycles. The van der Waals surface area contributed by atoms with E-state index in [2.05, 4.69) is 10.2 Å². The van der Waals surface area contributed by atoms with E-state index in [-0.39, 0.29) is 5.78 Å². The number of carbonyl (C=O) groups excluding carboxylic acids is 1. The van der Waals surface area contributed by atoms with Crippen LogP contribution in [0.15, 0.2) is 17.9 Å². The van der Waals surface area contributed by atoms with Gasteiger partial charge in [-0.1, -0.05) is 6.92 Å². The van der Waals surface area contributed by atoms with E-state index in [1.165, 1.54) is 0 Å². The minimum Gasteiger partial charge on any atom is -0.489 e. The molecule has 0 saturated heterocycles. The number of nitrogens with zero attached hydrogens (tertiary/aromatic N) is 2. The number of allylic oxidation sites excluding steroid dienone is 1. The summed E-state index contributed by atoms with van der Waals surface area (Å²) in [6.07, 6.45) is 3.33. The molecule has 0 radical (unpaired) electrons. The van der Waals surface area contributed by atoms with Crippen molar-refractivity contribution in [2.24, 2.45) is 0 Å². The first-order chi connectivity index (χ1) is 7.72. The number of ether oxygens (including phenoxy) is 1. The molecule has 2 rings (SSSR count). The fourth-order valence-corrected chi connectivity index (χ4v) is 1.68. The van der Waals surface area contributed by atoms with E-state index >= 15 is 0 Å². The monoisotopic (exact) mass is 218 g/mol. The van der Waals surface area contributed by atoms with Crippen molar-refractivity contribution in [3.63, 3.8) is 0 Å². The van der Waals surface area contributed by atoms with Crippen molar-refractivity contribution in [2.45, 2.75) is 26.7 Å². The maximum Gasteiger partial charge on any atom is 0.229 e. The molecule has 16 heavy (non-hydrogen) atoms. The molecule has 1 aliphatic heterocycles. The van der Waals surface area contributed by atoms with Gasteiger partial charge in [-0.05, 0) is 25.5 Å². The molecule has 0 saturated carbocycles. The van der Waals surface area contributed by atoms with Gasteiger partial charge in [0.2, 0.25) is 5.78 Å². The van der Waals surface area contributed by atoms with Crippen molar-refractivity contribution < 1.29 is 9.53 Å². The van der Waals surface area contributed by atoms with Crippen LogP contribution < -0.4 is 0 Å². The van der Waals surface area contributed by atoms with Crippen LogP contribution >= 0.6 is 0 Å². The van der Waals surface area contributed by atoms with Crippen LogP contribution in [-0.2, 0) is 11.2 Å². The minimum absolute atomic E-state index is 0.0765. The van der Waals surface area contributed by atoms with Crippen LogP contribution in [-0.4, -0.2) is 22.6 Å². The third-order valence-corrected chi connectivity index (χ3v) is 2.50. The molecule has 0 aliphatic carbocycles. The maximum absolute atomic E-state index is 12.1. The fourth-order valence-electron chi connectivity index (χ4n) is 1.68. The first-order valence-corrected chi connectivity index (χ1v) is 5.43. The Morgan fingerprint density at radius 3 is 2.94 bits per heavy atom. The smallest absolute Gasteiger partial charge is 0.229 e. The van der Waals surface area contributed by atoms with E-state index in [9.17, 15) is 4.79 Å². The molecule has 0 spiro atoms. The second kappa shape index (κ2) is 4.43. The summed E-state index contributed by atoms with van der Waals surface area (Å²) < 4.78 is 5.27. The van der Waals surface area contributed by atoms with Crippen molar-refractivity contribution in [1.82, 2.24) is 10.2 Å². The topological polar surface area (TPSA) is 52.1 Å². The predicted molar refractivity (Wildman–Crippen MR) is 59.1 cm³/mol. The highest BCUT2D eigenvalue weighted by Crippen LogP contribution is 2.18. The highest BCUT2D eigenvalue weighted by Gasteiger charge is 2.20. The Hall–Kier alpha value is -1.71. The van der Waals surface area contributed by atoms with Gasteiger partial charge in [-0.2, -0.15) is 10.2 Å². The van der Waals surface area contributed by atoms with Crippen LogP contribution in [0, 0.1) is 6.92 Å². The third kappa shape index (κ3) is 1.96. The lowest BCUT2D eigenvalue weighted by atomic mass is 10.1. The van der Waals surface area contributed by atoms with Gasteiger partial charge >= 0.3 is 0 Å². The third-order valence-electron chi connectivity index (χ3n) is 2.50. The van der Waals surface area contributed by atoms with Crippen LogP contribution in [0.4, 0.5) is 0 Å². The zero-order chi connectivity index (χ0) is 11.5. The summed E-state index contributed by atoms with van der Waals surface area (Å²) in [6, 6.07) is 1.77. The summed E-state index contributed by atoms with van der Waals surface area (Å²) in [5.41, 5.74) is 2.09. The number of hydrogen-bond donors (Lipinski definition) is 0. The summed E-state index contributed by atoms with van der Waals surface area (Å²) >= 11 is 0. The average molecular weight is 218 g/mol. The van der Waals surface area contributed by atoms with Crippen molar-refractivity contribution in [3.8, 4) is 0 Å². The van der Waals surface area contributed by atoms with E-state index in [1.54, 1.807) is 6.07 Å². The Morgan fingerprint density at radius 1 is 1.50 bits per heavy atom. The zero-order valence-corrected chi connectivity index (χ0v) is 9.49. The highest BCUT2D eigenvalue weighted by atomic mass is 16.5. The Morgan fingerprint density at radius 2 is 2.31 bits per heavy atom.